The first-order valence-corrected chi connectivity index (χ1v) is 8.29. The number of amides is 1. The van der Waals surface area contributed by atoms with Crippen molar-refractivity contribution in [3.8, 4) is 0 Å². The van der Waals surface area contributed by atoms with Gasteiger partial charge in [-0.2, -0.15) is 0 Å². The average molecular weight is 304 g/mol. The van der Waals surface area contributed by atoms with Crippen LogP contribution in [-0.4, -0.2) is 30.2 Å². The molecule has 1 aromatic carbocycles. The molecule has 2 rings (SSSR count). The third-order valence-electron chi connectivity index (χ3n) is 4.84. The highest BCUT2D eigenvalue weighted by molar-refractivity contribution is 5.97. The summed E-state index contributed by atoms with van der Waals surface area (Å²) in [7, 11) is 0. The van der Waals surface area contributed by atoms with Gasteiger partial charge in [0.05, 0.1) is 6.61 Å². The fourth-order valence-corrected chi connectivity index (χ4v) is 3.45. The van der Waals surface area contributed by atoms with Crippen molar-refractivity contribution in [1.82, 2.24) is 5.32 Å². The number of hydrogen-bond acceptors (Lipinski definition) is 3. The molecule has 4 heteroatoms. The average Bonchev–Trinajstić information content (AvgIpc) is 2.50. The van der Waals surface area contributed by atoms with Crippen LogP contribution in [0.1, 0.15) is 49.0 Å². The molecule has 0 aliphatic heterocycles. The predicted molar refractivity (Wildman–Crippen MR) is 90.2 cm³/mol. The maximum absolute atomic E-state index is 12.1. The van der Waals surface area contributed by atoms with Gasteiger partial charge in [0.15, 0.2) is 0 Å². The topological polar surface area (TPSA) is 61.4 Å². The predicted octanol–water partition coefficient (Wildman–Crippen LogP) is 2.95. The number of benzene rings is 1. The molecule has 1 aliphatic carbocycles. The number of rotatable bonds is 5. The Labute approximate surface area is 133 Å². The Morgan fingerprint density at radius 3 is 2.59 bits per heavy atom. The molecule has 0 saturated heterocycles. The van der Waals surface area contributed by atoms with Crippen LogP contribution in [0.25, 0.3) is 0 Å². The van der Waals surface area contributed by atoms with Crippen LogP contribution in [0.3, 0.4) is 0 Å². The zero-order valence-corrected chi connectivity index (χ0v) is 13.9. The summed E-state index contributed by atoms with van der Waals surface area (Å²) in [6, 6.07) is 6.26. The van der Waals surface area contributed by atoms with Crippen molar-refractivity contribution in [1.29, 1.82) is 0 Å². The van der Waals surface area contributed by atoms with Crippen molar-refractivity contribution in [2.75, 3.05) is 18.5 Å². The molecule has 22 heavy (non-hydrogen) atoms. The van der Waals surface area contributed by atoms with Crippen LogP contribution >= 0.6 is 0 Å². The fraction of sp³-hybridized carbons (Fsp3) is 0.611. The smallest absolute Gasteiger partial charge is 0.251 e. The molecule has 1 aliphatic rings. The molecular weight excluding hydrogens is 276 g/mol. The van der Waals surface area contributed by atoms with Gasteiger partial charge in [0.1, 0.15) is 0 Å². The highest BCUT2D eigenvalue weighted by Gasteiger charge is 2.28. The number of carbonyl (C=O) groups is 1. The summed E-state index contributed by atoms with van der Waals surface area (Å²) in [5.41, 5.74) is 2.69. The number of aliphatic hydroxyl groups is 1. The van der Waals surface area contributed by atoms with Gasteiger partial charge in [-0.1, -0.05) is 26.3 Å². The van der Waals surface area contributed by atoms with Crippen LogP contribution in [-0.2, 0) is 0 Å². The first-order chi connectivity index (χ1) is 10.5. The molecule has 1 aromatic rings. The molecule has 0 spiro atoms. The van der Waals surface area contributed by atoms with E-state index < -0.39 is 0 Å². The van der Waals surface area contributed by atoms with Gasteiger partial charge in [-0.3, -0.25) is 4.79 Å². The monoisotopic (exact) mass is 304 g/mol. The lowest BCUT2D eigenvalue weighted by Gasteiger charge is -2.36. The summed E-state index contributed by atoms with van der Waals surface area (Å²) in [6.07, 6.45) is 3.83. The van der Waals surface area contributed by atoms with Crippen molar-refractivity contribution >= 4 is 11.6 Å². The Balaban J connectivity index is 2.16. The second kappa shape index (κ2) is 7.63. The largest absolute Gasteiger partial charge is 0.395 e. The van der Waals surface area contributed by atoms with E-state index in [0.29, 0.717) is 23.4 Å². The Bertz CT molecular complexity index is 506. The molecule has 0 radical (unpaired) electrons. The summed E-state index contributed by atoms with van der Waals surface area (Å²) in [6.45, 7) is 6.84. The molecule has 1 amide bonds. The molecule has 0 heterocycles. The molecular formula is C18H28N2O2. The van der Waals surface area contributed by atoms with Crippen molar-refractivity contribution in [2.45, 2.75) is 46.1 Å². The second-order valence-corrected chi connectivity index (χ2v) is 6.51. The molecule has 1 saturated carbocycles. The van der Waals surface area contributed by atoms with E-state index in [1.165, 1.54) is 19.3 Å². The Kier molecular flexibility index (Phi) is 5.83. The number of anilines is 1. The molecule has 0 aromatic heterocycles. The highest BCUT2D eigenvalue weighted by atomic mass is 16.3. The lowest BCUT2D eigenvalue weighted by atomic mass is 9.78. The van der Waals surface area contributed by atoms with Crippen molar-refractivity contribution in [2.24, 2.45) is 11.8 Å². The fourth-order valence-electron chi connectivity index (χ4n) is 3.45. The van der Waals surface area contributed by atoms with Crippen LogP contribution in [0.15, 0.2) is 18.2 Å². The molecule has 2 atom stereocenters. The van der Waals surface area contributed by atoms with Crippen LogP contribution < -0.4 is 10.6 Å². The summed E-state index contributed by atoms with van der Waals surface area (Å²) in [4.78, 5) is 12.1. The van der Waals surface area contributed by atoms with E-state index >= 15 is 0 Å². The minimum absolute atomic E-state index is 0.0418. The molecule has 1 fully saturated rings. The van der Waals surface area contributed by atoms with E-state index in [4.69, 9.17) is 5.11 Å². The molecule has 2 unspecified atom stereocenters. The summed E-state index contributed by atoms with van der Waals surface area (Å²) < 4.78 is 0. The van der Waals surface area contributed by atoms with Gasteiger partial charge in [0, 0.05) is 23.8 Å². The lowest BCUT2D eigenvalue weighted by Crippen LogP contribution is -2.37. The standard InChI is InChI=1S/C18H28N2O2/c1-12-6-4-7-13(2)17(12)20-16-9-5-8-15(14(16)3)18(22)19-10-11-21/h5,8-9,12-13,17,20-21H,4,6-7,10-11H2,1-3H3,(H,19,22). The van der Waals surface area contributed by atoms with Crippen molar-refractivity contribution < 1.29 is 9.90 Å². The van der Waals surface area contributed by atoms with E-state index in [1.54, 1.807) is 0 Å². The first kappa shape index (κ1) is 16.8. The minimum Gasteiger partial charge on any atom is -0.395 e. The third kappa shape index (κ3) is 3.80. The highest BCUT2D eigenvalue weighted by Crippen LogP contribution is 2.32. The van der Waals surface area contributed by atoms with Gasteiger partial charge in [0.25, 0.3) is 5.91 Å². The molecule has 0 bridgehead atoms. The van der Waals surface area contributed by atoms with Gasteiger partial charge >= 0.3 is 0 Å². The Hall–Kier alpha value is -1.55. The molecule has 3 N–H and O–H groups in total. The van der Waals surface area contributed by atoms with Gasteiger partial charge in [-0.05, 0) is 49.3 Å². The van der Waals surface area contributed by atoms with E-state index in [9.17, 15) is 4.79 Å². The third-order valence-corrected chi connectivity index (χ3v) is 4.84. The SMILES string of the molecule is Cc1c(NC2C(C)CCCC2C)cccc1C(=O)NCCO. The summed E-state index contributed by atoms with van der Waals surface area (Å²) in [5.74, 6) is 1.17. The Morgan fingerprint density at radius 1 is 1.27 bits per heavy atom. The van der Waals surface area contributed by atoms with Crippen molar-refractivity contribution in [3.63, 3.8) is 0 Å². The van der Waals surface area contributed by atoms with E-state index in [2.05, 4.69) is 24.5 Å². The summed E-state index contributed by atoms with van der Waals surface area (Å²) >= 11 is 0. The lowest BCUT2D eigenvalue weighted by molar-refractivity contribution is 0.0944. The molecule has 4 nitrogen and oxygen atoms in total. The second-order valence-electron chi connectivity index (χ2n) is 6.51. The van der Waals surface area contributed by atoms with Crippen molar-refractivity contribution in [3.05, 3.63) is 29.3 Å². The van der Waals surface area contributed by atoms with E-state index in [0.717, 1.165) is 11.3 Å². The summed E-state index contributed by atoms with van der Waals surface area (Å²) in [5, 5.41) is 15.2. The maximum Gasteiger partial charge on any atom is 0.251 e. The van der Waals surface area contributed by atoms with Crippen LogP contribution in [0, 0.1) is 18.8 Å². The quantitative estimate of drug-likeness (QED) is 0.784. The van der Waals surface area contributed by atoms with Gasteiger partial charge in [0.2, 0.25) is 0 Å². The first-order valence-electron chi connectivity index (χ1n) is 8.29. The number of aliphatic hydroxyl groups excluding tert-OH is 1. The van der Waals surface area contributed by atoms with Crippen LogP contribution in [0.5, 0.6) is 0 Å². The molecule has 122 valence electrons. The minimum atomic E-state index is -0.125. The number of nitrogens with one attached hydrogen (secondary N) is 2. The maximum atomic E-state index is 12.1. The van der Waals surface area contributed by atoms with Crippen LogP contribution in [0.4, 0.5) is 5.69 Å². The van der Waals surface area contributed by atoms with Gasteiger partial charge in [-0.25, -0.2) is 0 Å². The van der Waals surface area contributed by atoms with Gasteiger partial charge in [-0.15, -0.1) is 0 Å². The van der Waals surface area contributed by atoms with Crippen LogP contribution in [0.2, 0.25) is 0 Å². The number of carbonyl (C=O) groups excluding carboxylic acids is 1. The normalized spacial score (nSPS) is 24.8. The van der Waals surface area contributed by atoms with Gasteiger partial charge < -0.3 is 15.7 Å². The van der Waals surface area contributed by atoms with E-state index in [-0.39, 0.29) is 19.1 Å². The number of hydrogen-bond donors (Lipinski definition) is 3. The zero-order chi connectivity index (χ0) is 16.1. The zero-order valence-electron chi connectivity index (χ0n) is 13.9. The Morgan fingerprint density at radius 2 is 1.95 bits per heavy atom. The van der Waals surface area contributed by atoms with E-state index in [1.807, 2.05) is 25.1 Å².